The summed E-state index contributed by atoms with van der Waals surface area (Å²) in [5, 5.41) is 14.7. The van der Waals surface area contributed by atoms with Gasteiger partial charge < -0.3 is 5.11 Å². The van der Waals surface area contributed by atoms with Crippen molar-refractivity contribution in [2.75, 3.05) is 0 Å². The molecule has 2 aromatic heterocycles. The topological polar surface area (TPSA) is 68.0 Å². The number of benzene rings is 1. The summed E-state index contributed by atoms with van der Waals surface area (Å²) in [4.78, 5) is 15.8. The summed E-state index contributed by atoms with van der Waals surface area (Å²) in [6.45, 7) is 0. The number of hydrogen-bond acceptors (Lipinski definition) is 3. The van der Waals surface area contributed by atoms with Gasteiger partial charge in [0.1, 0.15) is 0 Å². The van der Waals surface area contributed by atoms with Crippen molar-refractivity contribution in [2.24, 2.45) is 0 Å². The van der Waals surface area contributed by atoms with E-state index in [1.54, 1.807) is 0 Å². The zero-order valence-electron chi connectivity index (χ0n) is 12.6. The number of nitrogens with zero attached hydrogens (tertiary/aromatic N) is 3. The van der Waals surface area contributed by atoms with Crippen molar-refractivity contribution < 1.29 is 9.90 Å². The van der Waals surface area contributed by atoms with Crippen LogP contribution in [0.1, 0.15) is 36.4 Å². The van der Waals surface area contributed by atoms with Gasteiger partial charge in [0.2, 0.25) is 0 Å². The van der Waals surface area contributed by atoms with Crippen LogP contribution in [0.25, 0.3) is 16.7 Å². The SMILES string of the molecule is O=C(O)CC1CCCc2c1cnn2-c1ccc2ccccc2n1. The molecular weight excluding hydrogens is 290 g/mol. The monoisotopic (exact) mass is 307 g/mol. The Hall–Kier alpha value is -2.69. The summed E-state index contributed by atoms with van der Waals surface area (Å²) in [5.41, 5.74) is 3.10. The van der Waals surface area contributed by atoms with Crippen molar-refractivity contribution in [3.63, 3.8) is 0 Å². The molecule has 0 aliphatic heterocycles. The number of rotatable bonds is 3. The van der Waals surface area contributed by atoms with E-state index < -0.39 is 5.97 Å². The van der Waals surface area contributed by atoms with Gasteiger partial charge in [0.15, 0.2) is 5.82 Å². The van der Waals surface area contributed by atoms with Crippen molar-refractivity contribution in [3.05, 3.63) is 53.9 Å². The van der Waals surface area contributed by atoms with Gasteiger partial charge in [-0.05, 0) is 48.9 Å². The molecule has 116 valence electrons. The van der Waals surface area contributed by atoms with Gasteiger partial charge in [-0.25, -0.2) is 9.67 Å². The maximum atomic E-state index is 11.1. The lowest BCUT2D eigenvalue weighted by Crippen LogP contribution is -2.15. The molecule has 1 unspecified atom stereocenters. The maximum absolute atomic E-state index is 11.1. The number of hydrogen-bond donors (Lipinski definition) is 1. The van der Waals surface area contributed by atoms with E-state index in [-0.39, 0.29) is 12.3 Å². The minimum atomic E-state index is -0.751. The number of carbonyl (C=O) groups is 1. The Morgan fingerprint density at radius 2 is 2.13 bits per heavy atom. The second-order valence-electron chi connectivity index (χ2n) is 6.01. The number of carboxylic acid groups (broad SMARTS) is 1. The number of aromatic nitrogens is 3. The van der Waals surface area contributed by atoms with E-state index >= 15 is 0 Å². The van der Waals surface area contributed by atoms with Crippen LogP contribution in [0.3, 0.4) is 0 Å². The second-order valence-corrected chi connectivity index (χ2v) is 6.01. The standard InChI is InChI=1S/C18H17N3O2/c22-18(23)10-13-5-3-7-16-14(13)11-19-21(16)17-9-8-12-4-1-2-6-15(12)20-17/h1-2,4,6,8-9,11,13H,3,5,7,10H2,(H,22,23). The molecule has 0 amide bonds. The van der Waals surface area contributed by atoms with Crippen LogP contribution in [0.5, 0.6) is 0 Å². The molecule has 1 aliphatic carbocycles. The summed E-state index contributed by atoms with van der Waals surface area (Å²) < 4.78 is 1.87. The lowest BCUT2D eigenvalue weighted by Gasteiger charge is -2.21. The van der Waals surface area contributed by atoms with Gasteiger partial charge in [-0.2, -0.15) is 5.10 Å². The van der Waals surface area contributed by atoms with Crippen LogP contribution < -0.4 is 0 Å². The first-order valence-electron chi connectivity index (χ1n) is 7.87. The summed E-state index contributed by atoms with van der Waals surface area (Å²) in [7, 11) is 0. The van der Waals surface area contributed by atoms with E-state index in [0.29, 0.717) is 0 Å². The van der Waals surface area contributed by atoms with Crippen LogP contribution in [0.4, 0.5) is 0 Å². The molecule has 0 bridgehead atoms. The van der Waals surface area contributed by atoms with Crippen LogP contribution in [0, 0.1) is 0 Å². The average molecular weight is 307 g/mol. The first-order chi connectivity index (χ1) is 11.2. The van der Waals surface area contributed by atoms with E-state index in [2.05, 4.69) is 5.10 Å². The molecule has 5 nitrogen and oxygen atoms in total. The molecule has 0 radical (unpaired) electrons. The molecule has 5 heteroatoms. The van der Waals surface area contributed by atoms with Crippen molar-refractivity contribution in [3.8, 4) is 5.82 Å². The van der Waals surface area contributed by atoms with E-state index in [1.165, 1.54) is 0 Å². The number of para-hydroxylation sites is 1. The zero-order chi connectivity index (χ0) is 15.8. The molecule has 4 rings (SSSR count). The third kappa shape index (κ3) is 2.48. The van der Waals surface area contributed by atoms with Gasteiger partial charge in [0.05, 0.1) is 18.1 Å². The van der Waals surface area contributed by atoms with Crippen molar-refractivity contribution >= 4 is 16.9 Å². The van der Waals surface area contributed by atoms with Gasteiger partial charge in [-0.1, -0.05) is 18.2 Å². The molecule has 1 N–H and O–H groups in total. The van der Waals surface area contributed by atoms with E-state index in [1.807, 2.05) is 47.3 Å². The molecule has 1 aromatic carbocycles. The Balaban J connectivity index is 1.77. The Bertz CT molecular complexity index is 885. The molecule has 0 fully saturated rings. The van der Waals surface area contributed by atoms with E-state index in [4.69, 9.17) is 10.1 Å². The van der Waals surface area contributed by atoms with Crippen molar-refractivity contribution in [1.82, 2.24) is 14.8 Å². The molecule has 0 saturated heterocycles. The number of aliphatic carboxylic acids is 1. The fraction of sp³-hybridized carbons (Fsp3) is 0.278. The van der Waals surface area contributed by atoms with Crippen molar-refractivity contribution in [2.45, 2.75) is 31.6 Å². The third-order valence-corrected chi connectivity index (χ3v) is 4.53. The van der Waals surface area contributed by atoms with Crippen LogP contribution >= 0.6 is 0 Å². The minimum Gasteiger partial charge on any atom is -0.481 e. The summed E-state index contributed by atoms with van der Waals surface area (Å²) in [6.07, 6.45) is 4.81. The molecule has 23 heavy (non-hydrogen) atoms. The van der Waals surface area contributed by atoms with Crippen LogP contribution in [0.2, 0.25) is 0 Å². The second kappa shape index (κ2) is 5.50. The highest BCUT2D eigenvalue weighted by molar-refractivity contribution is 5.79. The predicted molar refractivity (Wildman–Crippen MR) is 86.8 cm³/mol. The number of fused-ring (bicyclic) bond motifs is 2. The fourth-order valence-electron chi connectivity index (χ4n) is 3.44. The Kier molecular flexibility index (Phi) is 3.33. The van der Waals surface area contributed by atoms with Gasteiger partial charge in [0.25, 0.3) is 0 Å². The summed E-state index contributed by atoms with van der Waals surface area (Å²) >= 11 is 0. The lowest BCUT2D eigenvalue weighted by atomic mass is 9.85. The highest BCUT2D eigenvalue weighted by atomic mass is 16.4. The number of pyridine rings is 1. The van der Waals surface area contributed by atoms with E-state index in [0.717, 1.165) is 47.2 Å². The highest BCUT2D eigenvalue weighted by Gasteiger charge is 2.26. The molecular formula is C18H17N3O2. The molecule has 1 atom stereocenters. The van der Waals surface area contributed by atoms with Gasteiger partial charge in [-0.3, -0.25) is 4.79 Å². The quantitative estimate of drug-likeness (QED) is 0.806. The maximum Gasteiger partial charge on any atom is 0.303 e. The van der Waals surface area contributed by atoms with Gasteiger partial charge in [-0.15, -0.1) is 0 Å². The molecule has 3 aromatic rings. The first kappa shape index (κ1) is 13.9. The predicted octanol–water partition coefficient (Wildman–Crippen LogP) is 3.32. The molecule has 0 saturated carbocycles. The van der Waals surface area contributed by atoms with E-state index in [9.17, 15) is 4.79 Å². The smallest absolute Gasteiger partial charge is 0.303 e. The molecule has 0 spiro atoms. The minimum absolute atomic E-state index is 0.0606. The Labute approximate surface area is 133 Å². The highest BCUT2D eigenvalue weighted by Crippen LogP contribution is 2.34. The normalized spacial score (nSPS) is 17.1. The largest absolute Gasteiger partial charge is 0.481 e. The van der Waals surface area contributed by atoms with Crippen LogP contribution in [-0.4, -0.2) is 25.8 Å². The van der Waals surface area contributed by atoms with Gasteiger partial charge in [0, 0.05) is 11.1 Å². The van der Waals surface area contributed by atoms with Crippen LogP contribution in [-0.2, 0) is 11.2 Å². The molecule has 1 aliphatic rings. The lowest BCUT2D eigenvalue weighted by molar-refractivity contribution is -0.137. The first-order valence-corrected chi connectivity index (χ1v) is 7.87. The Morgan fingerprint density at radius 3 is 3.00 bits per heavy atom. The zero-order valence-corrected chi connectivity index (χ0v) is 12.6. The molecule has 2 heterocycles. The average Bonchev–Trinajstić information content (AvgIpc) is 2.99. The van der Waals surface area contributed by atoms with Gasteiger partial charge >= 0.3 is 5.97 Å². The summed E-state index contributed by atoms with van der Waals surface area (Å²) in [5.74, 6) is 0.103. The number of carboxylic acids is 1. The fourth-order valence-corrected chi connectivity index (χ4v) is 3.44. The Morgan fingerprint density at radius 1 is 1.26 bits per heavy atom. The van der Waals surface area contributed by atoms with Crippen LogP contribution in [0.15, 0.2) is 42.6 Å². The third-order valence-electron chi connectivity index (χ3n) is 4.53. The van der Waals surface area contributed by atoms with Crippen molar-refractivity contribution in [1.29, 1.82) is 0 Å². The summed E-state index contributed by atoms with van der Waals surface area (Å²) in [6, 6.07) is 12.0.